The minimum Gasteiger partial charge on any atom is -0.384 e. The van der Waals surface area contributed by atoms with Crippen LogP contribution in [0.25, 0.3) is 0 Å². The second-order valence-electron chi connectivity index (χ2n) is 10.3. The second-order valence-corrected chi connectivity index (χ2v) is 13.2. The van der Waals surface area contributed by atoms with Crippen LogP contribution in [0.3, 0.4) is 0 Å². The predicted molar refractivity (Wildman–Crippen MR) is 155 cm³/mol. The molecule has 1 heterocycles. The monoisotopic (exact) mass is 545 g/mol. The van der Waals surface area contributed by atoms with Gasteiger partial charge in [-0.2, -0.15) is 0 Å². The van der Waals surface area contributed by atoms with Crippen LogP contribution < -0.4 is 16.1 Å². The van der Waals surface area contributed by atoms with Gasteiger partial charge in [0.05, 0.1) is 0 Å². The lowest BCUT2D eigenvalue weighted by molar-refractivity contribution is -0.140. The van der Waals surface area contributed by atoms with Gasteiger partial charge < -0.3 is 20.5 Å². The van der Waals surface area contributed by atoms with E-state index >= 15 is 0 Å². The van der Waals surface area contributed by atoms with E-state index in [1.807, 2.05) is 72.8 Å². The molecule has 4 rings (SSSR count). The fraction of sp³-hybridized carbons (Fsp3) is 0.300. The minimum atomic E-state index is -2.84. The van der Waals surface area contributed by atoms with Crippen LogP contribution in [0.4, 0.5) is 0 Å². The molecule has 0 spiro atoms. The number of carbonyl (C=O) groups is 2. The molecule has 2 amide bonds. The lowest BCUT2D eigenvalue weighted by atomic mass is 9.84. The Labute approximate surface area is 229 Å². The van der Waals surface area contributed by atoms with Gasteiger partial charge in [-0.15, -0.1) is 0 Å². The molecule has 0 aliphatic carbocycles. The first-order valence-corrected chi connectivity index (χ1v) is 15.7. The van der Waals surface area contributed by atoms with Crippen LogP contribution >= 0.6 is 7.29 Å². The summed E-state index contributed by atoms with van der Waals surface area (Å²) in [5.41, 5.74) is 8.87. The highest BCUT2D eigenvalue weighted by Crippen LogP contribution is 2.38. The molecule has 0 bridgehead atoms. The molecule has 0 aromatic heterocycles. The Morgan fingerprint density at radius 3 is 2.05 bits per heavy atom. The molecule has 5 N–H and O–H groups in total. The third kappa shape index (κ3) is 7.22. The van der Waals surface area contributed by atoms with Gasteiger partial charge >= 0.3 is 0 Å². The van der Waals surface area contributed by atoms with Crippen LogP contribution in [0.15, 0.2) is 84.9 Å². The number of carbonyl (C=O) groups excluding carboxylic acids is 2. The van der Waals surface area contributed by atoms with Crippen molar-refractivity contribution in [1.29, 1.82) is 5.41 Å². The number of nitrogen functional groups attached to an aromatic ring is 1. The molecule has 1 fully saturated rings. The maximum atomic E-state index is 14.2. The summed E-state index contributed by atoms with van der Waals surface area (Å²) < 4.78 is 13.1. The number of rotatable bonds is 10. The zero-order chi connectivity index (χ0) is 28.0. The van der Waals surface area contributed by atoms with Crippen LogP contribution in [0.5, 0.6) is 0 Å². The van der Waals surface area contributed by atoms with E-state index in [9.17, 15) is 14.2 Å². The molecule has 2 unspecified atom stereocenters. The lowest BCUT2D eigenvalue weighted by Gasteiger charge is -2.34. The number of likely N-dealkylation sites (tertiary alicyclic amines) is 1. The van der Waals surface area contributed by atoms with Crippen molar-refractivity contribution in [3.8, 4) is 0 Å². The van der Waals surface area contributed by atoms with Crippen molar-refractivity contribution in [2.45, 2.75) is 37.4 Å². The number of amidine groups is 1. The summed E-state index contributed by atoms with van der Waals surface area (Å²) in [6.45, 7) is 3.99. The molecule has 9 heteroatoms. The molecule has 1 saturated heterocycles. The average molecular weight is 546 g/mol. The normalized spacial score (nSPS) is 16.2. The summed E-state index contributed by atoms with van der Waals surface area (Å²) >= 11 is 0. The van der Waals surface area contributed by atoms with Crippen molar-refractivity contribution < 1.29 is 14.2 Å². The summed E-state index contributed by atoms with van der Waals surface area (Å²) in [7, 11) is -2.84. The Kier molecular flexibility index (Phi) is 9.00. The van der Waals surface area contributed by atoms with Gasteiger partial charge in [0.2, 0.25) is 11.8 Å². The van der Waals surface area contributed by atoms with Crippen molar-refractivity contribution in [2.75, 3.05) is 19.9 Å². The number of hydrogen-bond acceptors (Lipinski definition) is 4. The largest absolute Gasteiger partial charge is 0.384 e. The lowest BCUT2D eigenvalue weighted by Crippen LogP contribution is -2.53. The van der Waals surface area contributed by atoms with Gasteiger partial charge in [-0.25, -0.2) is 0 Å². The molecule has 204 valence electrons. The molecule has 3 aromatic rings. The van der Waals surface area contributed by atoms with Gasteiger partial charge in [0, 0.05) is 37.9 Å². The number of hydrogen-bond donors (Lipinski definition) is 4. The average Bonchev–Trinajstić information content (AvgIpc) is 3.42. The van der Waals surface area contributed by atoms with Crippen molar-refractivity contribution in [3.63, 3.8) is 0 Å². The van der Waals surface area contributed by atoms with Gasteiger partial charge in [-0.1, -0.05) is 84.9 Å². The van der Waals surface area contributed by atoms with Gasteiger partial charge in [-0.3, -0.25) is 20.1 Å². The standard InChI is InChI=1S/C30H36N5O3P/c1-39(2,38)34-27(26(22-10-5-3-6-11-22)23-12-7-4-8-13-23)30(37)35-19-9-14-25(35)29(36)33-20-21-15-17-24(18-16-21)28(31)32/h3-8,10-13,15-18,25-27H,9,14,19-20H2,1-2H3,(H3,31,32)(H,33,36)(H,34,38). The summed E-state index contributed by atoms with van der Waals surface area (Å²) in [5, 5.41) is 13.7. The highest BCUT2D eigenvalue weighted by Gasteiger charge is 2.41. The van der Waals surface area contributed by atoms with E-state index < -0.39 is 25.3 Å². The van der Waals surface area contributed by atoms with Gasteiger partial charge in [0.25, 0.3) is 0 Å². The van der Waals surface area contributed by atoms with E-state index in [0.29, 0.717) is 31.5 Å². The molecule has 0 radical (unpaired) electrons. The number of amides is 2. The molecular formula is C30H36N5O3P. The SMILES string of the molecule is CP(C)(=O)NC(C(=O)N1CCCC1C(=O)NCc1ccc(C(=N)N)cc1)C(c1ccccc1)c1ccccc1. The molecule has 1 aliphatic heterocycles. The smallest absolute Gasteiger partial charge is 0.243 e. The second kappa shape index (κ2) is 12.4. The van der Waals surface area contributed by atoms with Crippen LogP contribution in [0.1, 0.15) is 41.0 Å². The van der Waals surface area contributed by atoms with E-state index in [0.717, 1.165) is 16.7 Å². The van der Waals surface area contributed by atoms with Crippen LogP contribution in [0.2, 0.25) is 0 Å². The zero-order valence-electron chi connectivity index (χ0n) is 22.3. The number of nitrogens with one attached hydrogen (secondary N) is 3. The van der Waals surface area contributed by atoms with E-state index in [2.05, 4.69) is 10.4 Å². The van der Waals surface area contributed by atoms with Crippen LogP contribution in [-0.4, -0.2) is 54.5 Å². The highest BCUT2D eigenvalue weighted by atomic mass is 31.2. The number of nitrogens with zero attached hydrogens (tertiary/aromatic N) is 1. The van der Waals surface area contributed by atoms with Crippen molar-refractivity contribution >= 4 is 24.9 Å². The first kappa shape index (κ1) is 28.3. The Balaban J connectivity index is 1.58. The molecule has 0 saturated carbocycles. The molecular weight excluding hydrogens is 509 g/mol. The van der Waals surface area contributed by atoms with Crippen molar-refractivity contribution in [3.05, 3.63) is 107 Å². The first-order chi connectivity index (χ1) is 18.6. The first-order valence-electron chi connectivity index (χ1n) is 13.1. The Morgan fingerprint density at radius 2 is 1.54 bits per heavy atom. The topological polar surface area (TPSA) is 128 Å². The Bertz CT molecular complexity index is 1300. The molecule has 1 aliphatic rings. The third-order valence-electron chi connectivity index (χ3n) is 6.94. The van der Waals surface area contributed by atoms with Crippen LogP contribution in [0, 0.1) is 5.41 Å². The van der Waals surface area contributed by atoms with Crippen molar-refractivity contribution in [1.82, 2.24) is 15.3 Å². The molecule has 2 atom stereocenters. The van der Waals surface area contributed by atoms with Gasteiger partial charge in [0.1, 0.15) is 25.2 Å². The maximum absolute atomic E-state index is 14.2. The summed E-state index contributed by atoms with van der Waals surface area (Å²) in [6, 6.07) is 25.2. The summed E-state index contributed by atoms with van der Waals surface area (Å²) in [4.78, 5) is 29.2. The van der Waals surface area contributed by atoms with Crippen LogP contribution in [-0.2, 0) is 20.7 Å². The van der Waals surface area contributed by atoms with E-state index in [1.165, 1.54) is 0 Å². The molecule has 39 heavy (non-hydrogen) atoms. The Morgan fingerprint density at radius 1 is 0.974 bits per heavy atom. The zero-order valence-corrected chi connectivity index (χ0v) is 23.2. The van der Waals surface area contributed by atoms with Crippen molar-refractivity contribution in [2.24, 2.45) is 5.73 Å². The maximum Gasteiger partial charge on any atom is 0.243 e. The van der Waals surface area contributed by atoms with E-state index in [1.54, 1.807) is 30.4 Å². The summed E-state index contributed by atoms with van der Waals surface area (Å²) in [5.74, 6) is -0.860. The fourth-order valence-corrected chi connectivity index (χ4v) is 6.03. The van der Waals surface area contributed by atoms with Gasteiger partial charge in [0.15, 0.2) is 0 Å². The summed E-state index contributed by atoms with van der Waals surface area (Å²) in [6.07, 6.45) is 1.27. The van der Waals surface area contributed by atoms with Gasteiger partial charge in [-0.05, 0) is 29.5 Å². The number of nitrogens with two attached hydrogens (primary N) is 1. The number of benzene rings is 3. The predicted octanol–water partition coefficient (Wildman–Crippen LogP) is 3.91. The van der Waals surface area contributed by atoms with E-state index in [-0.39, 0.29) is 17.6 Å². The fourth-order valence-electron chi connectivity index (χ4n) is 5.10. The van der Waals surface area contributed by atoms with E-state index in [4.69, 9.17) is 11.1 Å². The molecule has 3 aromatic carbocycles. The molecule has 8 nitrogen and oxygen atoms in total. The highest BCUT2D eigenvalue weighted by molar-refractivity contribution is 7.60. The quantitative estimate of drug-likeness (QED) is 0.175. The third-order valence-corrected chi connectivity index (χ3v) is 7.84. The minimum absolute atomic E-state index is 0.0122. The Hall–Kier alpha value is -3.74.